The molecule has 0 bridgehead atoms. The van der Waals surface area contributed by atoms with Crippen LogP contribution >= 0.6 is 11.6 Å². The molecule has 0 N–H and O–H groups in total. The molecule has 0 aliphatic rings. The molecule has 1 heterocycles. The van der Waals surface area contributed by atoms with Crippen LogP contribution in [0.4, 0.5) is 4.39 Å². The number of amides is 1. The van der Waals surface area contributed by atoms with Gasteiger partial charge in [-0.2, -0.15) is 0 Å². The maximum Gasteiger partial charge on any atom is 0.256 e. The Morgan fingerprint density at radius 1 is 1.32 bits per heavy atom. The summed E-state index contributed by atoms with van der Waals surface area (Å²) in [5.74, 6) is -0.535. The van der Waals surface area contributed by atoms with E-state index in [0.717, 1.165) is 0 Å². The van der Waals surface area contributed by atoms with Crippen LogP contribution in [0.15, 0.2) is 24.3 Å². The van der Waals surface area contributed by atoms with Gasteiger partial charge in [-0.05, 0) is 32.0 Å². The van der Waals surface area contributed by atoms with Crippen molar-refractivity contribution in [1.82, 2.24) is 9.88 Å². The third-order valence-corrected chi connectivity index (χ3v) is 3.30. The summed E-state index contributed by atoms with van der Waals surface area (Å²) in [4.78, 5) is 18.0. The first kappa shape index (κ1) is 13.7. The normalized spacial score (nSPS) is 10.7. The maximum absolute atomic E-state index is 13.1. The summed E-state index contributed by atoms with van der Waals surface area (Å²) < 4.78 is 13.1. The molecule has 5 heteroatoms. The Morgan fingerprint density at radius 2 is 2.00 bits per heavy atom. The van der Waals surface area contributed by atoms with Crippen LogP contribution in [0.25, 0.3) is 10.9 Å². The zero-order valence-corrected chi connectivity index (χ0v) is 11.5. The molecule has 2 aromatic rings. The summed E-state index contributed by atoms with van der Waals surface area (Å²) in [5.41, 5.74) is 0.797. The topological polar surface area (TPSA) is 33.2 Å². The molecule has 0 aliphatic heterocycles. The summed E-state index contributed by atoms with van der Waals surface area (Å²) in [6.07, 6.45) is 0. The lowest BCUT2D eigenvalue weighted by atomic mass is 10.1. The highest BCUT2D eigenvalue weighted by atomic mass is 35.5. The van der Waals surface area contributed by atoms with Crippen molar-refractivity contribution < 1.29 is 9.18 Å². The maximum atomic E-state index is 13.1. The quantitative estimate of drug-likeness (QED) is 0.806. The summed E-state index contributed by atoms with van der Waals surface area (Å²) in [7, 11) is 0. The van der Waals surface area contributed by atoms with Crippen molar-refractivity contribution >= 4 is 28.4 Å². The van der Waals surface area contributed by atoms with Gasteiger partial charge in [0.05, 0.1) is 11.1 Å². The van der Waals surface area contributed by atoms with Gasteiger partial charge in [-0.1, -0.05) is 11.6 Å². The van der Waals surface area contributed by atoms with Gasteiger partial charge in [0, 0.05) is 24.5 Å². The summed E-state index contributed by atoms with van der Waals surface area (Å²) in [5, 5.41) is 0.802. The molecule has 100 valence electrons. The van der Waals surface area contributed by atoms with Crippen LogP contribution in [0.3, 0.4) is 0 Å². The number of nitrogens with zero attached hydrogens (tertiary/aromatic N) is 2. The van der Waals surface area contributed by atoms with E-state index in [2.05, 4.69) is 4.98 Å². The van der Waals surface area contributed by atoms with E-state index in [1.54, 1.807) is 17.0 Å². The number of halogens is 2. The van der Waals surface area contributed by atoms with Crippen LogP contribution in [0.2, 0.25) is 5.15 Å². The summed E-state index contributed by atoms with van der Waals surface area (Å²) in [6, 6.07) is 5.88. The fourth-order valence-corrected chi connectivity index (χ4v) is 2.17. The van der Waals surface area contributed by atoms with Gasteiger partial charge >= 0.3 is 0 Å². The predicted octanol–water partition coefficient (Wildman–Crippen LogP) is 3.51. The lowest BCUT2D eigenvalue weighted by Gasteiger charge is -2.19. The molecule has 3 nitrogen and oxygen atoms in total. The van der Waals surface area contributed by atoms with Crippen LogP contribution in [-0.4, -0.2) is 28.9 Å². The number of rotatable bonds is 3. The van der Waals surface area contributed by atoms with E-state index in [4.69, 9.17) is 11.6 Å². The molecule has 0 atom stereocenters. The second-order valence-corrected chi connectivity index (χ2v) is 4.50. The van der Waals surface area contributed by atoms with Crippen molar-refractivity contribution in [3.8, 4) is 0 Å². The first-order valence-electron chi connectivity index (χ1n) is 6.11. The molecule has 0 aliphatic carbocycles. The van der Waals surface area contributed by atoms with Gasteiger partial charge in [-0.3, -0.25) is 4.79 Å². The smallest absolute Gasteiger partial charge is 0.256 e. The Morgan fingerprint density at radius 3 is 2.63 bits per heavy atom. The first-order chi connectivity index (χ1) is 9.06. The minimum absolute atomic E-state index is 0.106. The van der Waals surface area contributed by atoms with Crippen LogP contribution in [0.5, 0.6) is 0 Å². The van der Waals surface area contributed by atoms with E-state index >= 15 is 0 Å². The minimum Gasteiger partial charge on any atom is -0.339 e. The second kappa shape index (κ2) is 5.53. The Hall–Kier alpha value is -1.68. The van der Waals surface area contributed by atoms with E-state index in [9.17, 15) is 9.18 Å². The largest absolute Gasteiger partial charge is 0.339 e. The van der Waals surface area contributed by atoms with Crippen LogP contribution in [0.1, 0.15) is 24.2 Å². The number of fused-ring (bicyclic) bond motifs is 1. The third kappa shape index (κ3) is 2.68. The number of benzene rings is 1. The second-order valence-electron chi connectivity index (χ2n) is 4.14. The van der Waals surface area contributed by atoms with Gasteiger partial charge in [-0.25, -0.2) is 9.37 Å². The molecule has 1 aromatic carbocycles. The van der Waals surface area contributed by atoms with Crippen molar-refractivity contribution in [2.24, 2.45) is 0 Å². The highest BCUT2D eigenvalue weighted by molar-refractivity contribution is 6.33. The molecular weight excluding hydrogens is 267 g/mol. The predicted molar refractivity (Wildman–Crippen MR) is 74.0 cm³/mol. The average Bonchev–Trinajstić information content (AvgIpc) is 2.39. The van der Waals surface area contributed by atoms with Crippen molar-refractivity contribution in [2.75, 3.05) is 13.1 Å². The van der Waals surface area contributed by atoms with Crippen LogP contribution in [-0.2, 0) is 0 Å². The molecule has 0 saturated carbocycles. The average molecular weight is 281 g/mol. The van der Waals surface area contributed by atoms with Crippen LogP contribution < -0.4 is 0 Å². The number of carbonyl (C=O) groups is 1. The molecular formula is C14H14ClFN2O. The SMILES string of the molecule is CCN(CC)C(=O)c1cc2ccc(F)cc2nc1Cl. The van der Waals surface area contributed by atoms with Crippen molar-refractivity contribution in [2.45, 2.75) is 13.8 Å². The molecule has 2 rings (SSSR count). The van der Waals surface area contributed by atoms with Crippen LogP contribution in [0, 0.1) is 5.82 Å². The zero-order valence-electron chi connectivity index (χ0n) is 10.8. The molecule has 0 spiro atoms. The summed E-state index contributed by atoms with van der Waals surface area (Å²) >= 11 is 6.03. The van der Waals surface area contributed by atoms with E-state index in [-0.39, 0.29) is 16.9 Å². The Bertz CT molecular complexity index is 626. The van der Waals surface area contributed by atoms with E-state index in [1.165, 1.54) is 12.1 Å². The molecule has 1 amide bonds. The molecule has 0 fully saturated rings. The van der Waals surface area contributed by atoms with Gasteiger partial charge < -0.3 is 4.90 Å². The van der Waals surface area contributed by atoms with E-state index < -0.39 is 0 Å². The van der Waals surface area contributed by atoms with Gasteiger partial charge in [0.25, 0.3) is 5.91 Å². The minimum atomic E-state index is -0.376. The fraction of sp³-hybridized carbons (Fsp3) is 0.286. The Kier molecular flexibility index (Phi) is 4.00. The fourth-order valence-electron chi connectivity index (χ4n) is 1.95. The van der Waals surface area contributed by atoms with Gasteiger partial charge in [0.1, 0.15) is 11.0 Å². The van der Waals surface area contributed by atoms with Gasteiger partial charge in [0.2, 0.25) is 0 Å². The van der Waals surface area contributed by atoms with E-state index in [1.807, 2.05) is 13.8 Å². The molecule has 1 aromatic heterocycles. The third-order valence-electron chi connectivity index (χ3n) is 3.01. The molecule has 0 radical (unpaired) electrons. The molecule has 0 unspecified atom stereocenters. The molecule has 0 saturated heterocycles. The lowest BCUT2D eigenvalue weighted by molar-refractivity contribution is 0.0773. The Balaban J connectivity index is 2.52. The zero-order chi connectivity index (χ0) is 14.0. The highest BCUT2D eigenvalue weighted by Crippen LogP contribution is 2.22. The lowest BCUT2D eigenvalue weighted by Crippen LogP contribution is -2.30. The monoisotopic (exact) mass is 280 g/mol. The Labute approximate surface area is 116 Å². The number of hydrogen-bond acceptors (Lipinski definition) is 2. The van der Waals surface area contributed by atoms with Crippen molar-refractivity contribution in [3.05, 3.63) is 40.8 Å². The van der Waals surface area contributed by atoms with E-state index in [0.29, 0.717) is 29.6 Å². The number of hydrogen-bond donors (Lipinski definition) is 0. The van der Waals surface area contributed by atoms with Gasteiger partial charge in [-0.15, -0.1) is 0 Å². The van der Waals surface area contributed by atoms with Gasteiger partial charge in [0.15, 0.2) is 0 Å². The number of aromatic nitrogens is 1. The van der Waals surface area contributed by atoms with Crippen molar-refractivity contribution in [1.29, 1.82) is 0 Å². The number of carbonyl (C=O) groups excluding carboxylic acids is 1. The molecule has 19 heavy (non-hydrogen) atoms. The van der Waals surface area contributed by atoms with Crippen molar-refractivity contribution in [3.63, 3.8) is 0 Å². The summed E-state index contributed by atoms with van der Waals surface area (Å²) in [6.45, 7) is 5.01. The highest BCUT2D eigenvalue weighted by Gasteiger charge is 2.17. The number of pyridine rings is 1. The first-order valence-corrected chi connectivity index (χ1v) is 6.49. The standard InChI is InChI=1S/C14H14ClFN2O/c1-3-18(4-2)14(19)11-7-9-5-6-10(16)8-12(9)17-13(11)15/h5-8H,3-4H2,1-2H3.